The van der Waals surface area contributed by atoms with Gasteiger partial charge >= 0.3 is 6.09 Å². The maximum Gasteiger partial charge on any atom is 0.409 e. The lowest BCUT2D eigenvalue weighted by molar-refractivity contribution is 0.0950. The minimum absolute atomic E-state index is 0.152. The van der Waals surface area contributed by atoms with Gasteiger partial charge in [-0.25, -0.2) is 4.79 Å². The molecule has 1 aliphatic rings. The highest BCUT2D eigenvalue weighted by Crippen LogP contribution is 2.17. The van der Waals surface area contributed by atoms with Crippen LogP contribution in [0, 0.1) is 6.92 Å². The van der Waals surface area contributed by atoms with Gasteiger partial charge in [-0.1, -0.05) is 29.8 Å². The summed E-state index contributed by atoms with van der Waals surface area (Å²) in [5.41, 5.74) is 3.63. The number of ether oxygens (including phenoxy) is 1. The van der Waals surface area contributed by atoms with E-state index in [0.717, 1.165) is 16.8 Å². The topological polar surface area (TPSA) is 74.8 Å². The summed E-state index contributed by atoms with van der Waals surface area (Å²) >= 11 is 0. The van der Waals surface area contributed by atoms with Crippen molar-refractivity contribution in [3.8, 4) is 0 Å². The average Bonchev–Trinajstić information content (AvgIpc) is 2.72. The number of pyridine rings is 1. The van der Waals surface area contributed by atoms with E-state index in [4.69, 9.17) is 4.74 Å². The van der Waals surface area contributed by atoms with Gasteiger partial charge in [0, 0.05) is 38.9 Å². The summed E-state index contributed by atoms with van der Waals surface area (Å²) in [6.45, 7) is 7.20. The molecule has 7 heteroatoms. The molecule has 148 valence electrons. The third-order valence-electron chi connectivity index (χ3n) is 4.69. The molecule has 2 heterocycles. The van der Waals surface area contributed by atoms with Crippen molar-refractivity contribution >= 4 is 17.7 Å². The molecule has 0 aliphatic carbocycles. The SMILES string of the molecule is CCOC(=O)N1CCN(c2cncc(C(=O)NCc3cccc(C)c3)c2)CC1. The van der Waals surface area contributed by atoms with E-state index in [9.17, 15) is 9.59 Å². The van der Waals surface area contributed by atoms with Crippen molar-refractivity contribution in [3.63, 3.8) is 0 Å². The van der Waals surface area contributed by atoms with Gasteiger partial charge in [0.1, 0.15) is 0 Å². The second-order valence-electron chi connectivity index (χ2n) is 6.78. The van der Waals surface area contributed by atoms with E-state index in [1.165, 1.54) is 0 Å². The maximum atomic E-state index is 12.5. The molecule has 0 spiro atoms. The Morgan fingerprint density at radius 2 is 1.93 bits per heavy atom. The van der Waals surface area contributed by atoms with Gasteiger partial charge in [0.05, 0.1) is 24.1 Å². The van der Waals surface area contributed by atoms with Gasteiger partial charge in [-0.2, -0.15) is 0 Å². The van der Waals surface area contributed by atoms with Crippen molar-refractivity contribution < 1.29 is 14.3 Å². The zero-order valence-corrected chi connectivity index (χ0v) is 16.4. The van der Waals surface area contributed by atoms with Crippen LogP contribution in [0.2, 0.25) is 0 Å². The van der Waals surface area contributed by atoms with Crippen molar-refractivity contribution in [1.82, 2.24) is 15.2 Å². The monoisotopic (exact) mass is 382 g/mol. The molecule has 7 nitrogen and oxygen atoms in total. The van der Waals surface area contributed by atoms with Gasteiger partial charge in [-0.15, -0.1) is 0 Å². The molecule has 0 saturated carbocycles. The third-order valence-corrected chi connectivity index (χ3v) is 4.69. The number of anilines is 1. The normalized spacial score (nSPS) is 13.9. The number of piperazine rings is 1. The predicted molar refractivity (Wildman–Crippen MR) is 107 cm³/mol. The number of carbonyl (C=O) groups is 2. The van der Waals surface area contributed by atoms with Gasteiger partial charge in [-0.3, -0.25) is 9.78 Å². The minimum Gasteiger partial charge on any atom is -0.450 e. The lowest BCUT2D eigenvalue weighted by Crippen LogP contribution is -2.49. The van der Waals surface area contributed by atoms with Gasteiger partial charge in [-0.05, 0) is 25.5 Å². The van der Waals surface area contributed by atoms with Crippen molar-refractivity contribution in [2.45, 2.75) is 20.4 Å². The van der Waals surface area contributed by atoms with E-state index in [0.29, 0.717) is 44.9 Å². The fourth-order valence-corrected chi connectivity index (χ4v) is 3.19. The van der Waals surface area contributed by atoms with Crippen LogP contribution in [0.3, 0.4) is 0 Å². The van der Waals surface area contributed by atoms with Crippen LogP contribution in [0.5, 0.6) is 0 Å². The second-order valence-corrected chi connectivity index (χ2v) is 6.78. The average molecular weight is 382 g/mol. The Balaban J connectivity index is 1.58. The number of aryl methyl sites for hydroxylation is 1. The first-order chi connectivity index (χ1) is 13.6. The number of benzene rings is 1. The van der Waals surface area contributed by atoms with E-state index < -0.39 is 0 Å². The van der Waals surface area contributed by atoms with Crippen molar-refractivity contribution in [2.75, 3.05) is 37.7 Å². The van der Waals surface area contributed by atoms with Crippen LogP contribution in [-0.4, -0.2) is 54.7 Å². The van der Waals surface area contributed by atoms with E-state index in [-0.39, 0.29) is 12.0 Å². The number of amides is 2. The molecule has 0 bridgehead atoms. The Kier molecular flexibility index (Phi) is 6.47. The summed E-state index contributed by atoms with van der Waals surface area (Å²) in [7, 11) is 0. The largest absolute Gasteiger partial charge is 0.450 e. The summed E-state index contributed by atoms with van der Waals surface area (Å²) in [5, 5.41) is 2.94. The highest BCUT2D eigenvalue weighted by molar-refractivity contribution is 5.94. The third kappa shape index (κ3) is 5.00. The van der Waals surface area contributed by atoms with Crippen molar-refractivity contribution in [1.29, 1.82) is 0 Å². The highest BCUT2D eigenvalue weighted by Gasteiger charge is 2.22. The van der Waals surface area contributed by atoms with Crippen LogP contribution in [-0.2, 0) is 11.3 Å². The number of aromatic nitrogens is 1. The van der Waals surface area contributed by atoms with Crippen LogP contribution in [0.25, 0.3) is 0 Å². The van der Waals surface area contributed by atoms with Crippen molar-refractivity contribution in [2.24, 2.45) is 0 Å². The molecule has 0 radical (unpaired) electrons. The molecule has 1 aromatic carbocycles. The minimum atomic E-state index is -0.274. The molecule has 0 atom stereocenters. The van der Waals surface area contributed by atoms with E-state index >= 15 is 0 Å². The lowest BCUT2D eigenvalue weighted by atomic mass is 10.1. The standard InChI is InChI=1S/C21H26N4O3/c1-3-28-21(27)25-9-7-24(8-10-25)19-12-18(14-22-15-19)20(26)23-13-17-6-4-5-16(2)11-17/h4-6,11-12,14-15H,3,7-10,13H2,1-2H3,(H,23,26). The van der Waals surface area contributed by atoms with Crippen LogP contribution >= 0.6 is 0 Å². The molecule has 1 fully saturated rings. The molecule has 1 aliphatic heterocycles. The first-order valence-corrected chi connectivity index (χ1v) is 9.52. The number of nitrogens with one attached hydrogen (secondary N) is 1. The highest BCUT2D eigenvalue weighted by atomic mass is 16.6. The Labute approximate surface area is 165 Å². The zero-order chi connectivity index (χ0) is 19.9. The molecule has 0 unspecified atom stereocenters. The molecular formula is C21H26N4O3. The number of hydrogen-bond donors (Lipinski definition) is 1. The van der Waals surface area contributed by atoms with Crippen molar-refractivity contribution in [3.05, 3.63) is 59.4 Å². The molecule has 3 rings (SSSR count). The van der Waals surface area contributed by atoms with Gasteiger partial charge < -0.3 is 19.9 Å². The second kappa shape index (κ2) is 9.21. The van der Waals surface area contributed by atoms with Gasteiger partial charge in [0.25, 0.3) is 5.91 Å². The number of rotatable bonds is 5. The smallest absolute Gasteiger partial charge is 0.409 e. The van der Waals surface area contributed by atoms with E-state index in [1.54, 1.807) is 24.2 Å². The zero-order valence-electron chi connectivity index (χ0n) is 16.4. The fourth-order valence-electron chi connectivity index (χ4n) is 3.19. The summed E-state index contributed by atoms with van der Waals surface area (Å²) < 4.78 is 5.05. The lowest BCUT2D eigenvalue weighted by Gasteiger charge is -2.35. The summed E-state index contributed by atoms with van der Waals surface area (Å²) in [6, 6.07) is 9.90. The first-order valence-electron chi connectivity index (χ1n) is 9.52. The van der Waals surface area contributed by atoms with Gasteiger partial charge in [0.15, 0.2) is 0 Å². The molecule has 1 N–H and O–H groups in total. The fraction of sp³-hybridized carbons (Fsp3) is 0.381. The van der Waals surface area contributed by atoms with Crippen LogP contribution in [0.15, 0.2) is 42.7 Å². The molecular weight excluding hydrogens is 356 g/mol. The Bertz CT molecular complexity index is 832. The van der Waals surface area contributed by atoms with Crippen LogP contribution in [0.1, 0.15) is 28.4 Å². The maximum absolute atomic E-state index is 12.5. The quantitative estimate of drug-likeness (QED) is 0.860. The number of hydrogen-bond acceptors (Lipinski definition) is 5. The number of carbonyl (C=O) groups excluding carboxylic acids is 2. The molecule has 2 amide bonds. The summed E-state index contributed by atoms with van der Waals surface area (Å²) in [6.07, 6.45) is 3.05. The molecule has 1 saturated heterocycles. The Morgan fingerprint density at radius 1 is 1.14 bits per heavy atom. The number of nitrogens with zero attached hydrogens (tertiary/aromatic N) is 3. The van der Waals surface area contributed by atoms with Crippen LogP contribution in [0.4, 0.5) is 10.5 Å². The van der Waals surface area contributed by atoms with E-state index in [1.807, 2.05) is 31.2 Å². The van der Waals surface area contributed by atoms with Gasteiger partial charge in [0.2, 0.25) is 0 Å². The van der Waals surface area contributed by atoms with E-state index in [2.05, 4.69) is 21.3 Å². The first kappa shape index (κ1) is 19.7. The Morgan fingerprint density at radius 3 is 2.64 bits per heavy atom. The summed E-state index contributed by atoms with van der Waals surface area (Å²) in [4.78, 5) is 32.4. The molecule has 2 aromatic rings. The molecule has 1 aromatic heterocycles. The molecule has 28 heavy (non-hydrogen) atoms. The Hall–Kier alpha value is -3.09. The van der Waals surface area contributed by atoms with Crippen LogP contribution < -0.4 is 10.2 Å². The predicted octanol–water partition coefficient (Wildman–Crippen LogP) is 2.60. The summed E-state index contributed by atoms with van der Waals surface area (Å²) in [5.74, 6) is -0.152.